The molecule has 1 heterocycles. The first-order chi connectivity index (χ1) is 14.5. The van der Waals surface area contributed by atoms with Gasteiger partial charge in [0.2, 0.25) is 11.8 Å². The number of hydrogen-bond donors (Lipinski definition) is 1. The molecule has 3 rings (SSSR count). The SMILES string of the molecule is CCOC(=O)c1c(C)oc(NC(=O)Cc2cccc3ccccc23)c1C(=O)OCC. The highest BCUT2D eigenvalue weighted by Crippen LogP contribution is 2.29. The van der Waals surface area contributed by atoms with Gasteiger partial charge in [-0.2, -0.15) is 0 Å². The molecule has 7 nitrogen and oxygen atoms in total. The number of amides is 1. The van der Waals surface area contributed by atoms with Crippen molar-refractivity contribution in [3.8, 4) is 0 Å². The third-order valence-corrected chi connectivity index (χ3v) is 4.53. The number of nitrogens with one attached hydrogen (secondary N) is 1. The third kappa shape index (κ3) is 4.35. The largest absolute Gasteiger partial charge is 0.462 e. The zero-order valence-corrected chi connectivity index (χ0v) is 17.1. The van der Waals surface area contributed by atoms with Crippen molar-refractivity contribution in [2.75, 3.05) is 18.5 Å². The van der Waals surface area contributed by atoms with E-state index in [0.717, 1.165) is 16.3 Å². The Morgan fingerprint density at radius 1 is 0.900 bits per heavy atom. The molecule has 2 aromatic carbocycles. The molecular weight excluding hydrogens is 386 g/mol. The highest BCUT2D eigenvalue weighted by atomic mass is 16.5. The van der Waals surface area contributed by atoms with Crippen molar-refractivity contribution >= 4 is 34.5 Å². The minimum absolute atomic E-state index is 0.0456. The van der Waals surface area contributed by atoms with E-state index in [4.69, 9.17) is 13.9 Å². The third-order valence-electron chi connectivity index (χ3n) is 4.53. The lowest BCUT2D eigenvalue weighted by molar-refractivity contribution is -0.115. The molecular formula is C23H23NO6. The van der Waals surface area contributed by atoms with Gasteiger partial charge in [0, 0.05) is 0 Å². The van der Waals surface area contributed by atoms with Gasteiger partial charge in [0.15, 0.2) is 0 Å². The molecule has 0 radical (unpaired) electrons. The Labute approximate surface area is 174 Å². The van der Waals surface area contributed by atoms with Crippen LogP contribution < -0.4 is 5.32 Å². The molecule has 3 aromatic rings. The van der Waals surface area contributed by atoms with Gasteiger partial charge >= 0.3 is 11.9 Å². The Morgan fingerprint density at radius 2 is 1.53 bits per heavy atom. The summed E-state index contributed by atoms with van der Waals surface area (Å²) in [6.07, 6.45) is 0.0676. The number of benzene rings is 2. The lowest BCUT2D eigenvalue weighted by Gasteiger charge is -2.08. The number of hydrogen-bond acceptors (Lipinski definition) is 6. The number of carbonyl (C=O) groups is 3. The molecule has 0 unspecified atom stereocenters. The Bertz CT molecular complexity index is 1090. The molecule has 0 atom stereocenters. The second kappa shape index (κ2) is 9.26. The van der Waals surface area contributed by atoms with Crippen molar-refractivity contribution in [3.05, 3.63) is 64.9 Å². The number of rotatable bonds is 7. The highest BCUT2D eigenvalue weighted by molar-refractivity contribution is 6.09. The lowest BCUT2D eigenvalue weighted by atomic mass is 10.0. The van der Waals surface area contributed by atoms with E-state index in [0.29, 0.717) is 0 Å². The van der Waals surface area contributed by atoms with Crippen LogP contribution in [-0.4, -0.2) is 31.1 Å². The molecule has 0 spiro atoms. The molecule has 0 saturated carbocycles. The maximum Gasteiger partial charge on any atom is 0.344 e. The standard InChI is InChI=1S/C23H23NO6/c1-4-28-22(26)19-14(3)30-21(20(19)23(27)29-5-2)24-18(25)13-16-11-8-10-15-9-6-7-12-17(15)16/h6-12H,4-5,13H2,1-3H3,(H,24,25). The van der Waals surface area contributed by atoms with Gasteiger partial charge in [-0.1, -0.05) is 42.5 Å². The second-order valence-electron chi connectivity index (χ2n) is 6.54. The average molecular weight is 409 g/mol. The predicted octanol–water partition coefficient (Wildman–Crippen LogP) is 4.28. The van der Waals surface area contributed by atoms with E-state index in [1.807, 2.05) is 42.5 Å². The Morgan fingerprint density at radius 3 is 2.23 bits per heavy atom. The molecule has 1 N–H and O–H groups in total. The maximum atomic E-state index is 12.7. The topological polar surface area (TPSA) is 94.8 Å². The average Bonchev–Trinajstić information content (AvgIpc) is 3.04. The number of fused-ring (bicyclic) bond motifs is 1. The highest BCUT2D eigenvalue weighted by Gasteiger charge is 2.31. The summed E-state index contributed by atoms with van der Waals surface area (Å²) in [5.41, 5.74) is 0.645. The van der Waals surface area contributed by atoms with E-state index < -0.39 is 11.9 Å². The molecule has 30 heavy (non-hydrogen) atoms. The fourth-order valence-corrected chi connectivity index (χ4v) is 3.27. The van der Waals surface area contributed by atoms with E-state index in [1.54, 1.807) is 13.8 Å². The Hall–Kier alpha value is -3.61. The van der Waals surface area contributed by atoms with Gasteiger partial charge in [-0.25, -0.2) is 9.59 Å². The fourth-order valence-electron chi connectivity index (χ4n) is 3.27. The number of aryl methyl sites for hydroxylation is 1. The van der Waals surface area contributed by atoms with Crippen molar-refractivity contribution < 1.29 is 28.3 Å². The number of ether oxygens (including phenoxy) is 2. The van der Waals surface area contributed by atoms with Crippen LogP contribution in [0, 0.1) is 6.92 Å². The van der Waals surface area contributed by atoms with Crippen LogP contribution in [0.15, 0.2) is 46.9 Å². The first-order valence-electron chi connectivity index (χ1n) is 9.70. The van der Waals surface area contributed by atoms with Crippen molar-refractivity contribution in [2.45, 2.75) is 27.2 Å². The summed E-state index contributed by atoms with van der Waals surface area (Å²) in [4.78, 5) is 37.5. The van der Waals surface area contributed by atoms with E-state index in [9.17, 15) is 14.4 Å². The smallest absolute Gasteiger partial charge is 0.344 e. The number of furan rings is 1. The normalized spacial score (nSPS) is 10.6. The minimum Gasteiger partial charge on any atom is -0.462 e. The minimum atomic E-state index is -0.766. The molecule has 156 valence electrons. The summed E-state index contributed by atoms with van der Waals surface area (Å²) in [6.45, 7) is 5.07. The van der Waals surface area contributed by atoms with Gasteiger partial charge in [-0.05, 0) is 37.1 Å². The summed E-state index contributed by atoms with van der Waals surface area (Å²) >= 11 is 0. The quantitative estimate of drug-likeness (QED) is 0.586. The van der Waals surface area contributed by atoms with Crippen molar-refractivity contribution in [1.29, 1.82) is 0 Å². The van der Waals surface area contributed by atoms with Crippen LogP contribution >= 0.6 is 0 Å². The molecule has 0 fully saturated rings. The first-order valence-corrected chi connectivity index (χ1v) is 9.70. The van der Waals surface area contributed by atoms with Crippen LogP contribution in [0.1, 0.15) is 45.9 Å². The summed E-state index contributed by atoms with van der Waals surface area (Å²) < 4.78 is 15.6. The van der Waals surface area contributed by atoms with Crippen LogP contribution in [0.25, 0.3) is 10.8 Å². The van der Waals surface area contributed by atoms with Crippen molar-refractivity contribution in [3.63, 3.8) is 0 Å². The molecule has 1 aromatic heterocycles. The van der Waals surface area contributed by atoms with E-state index >= 15 is 0 Å². The van der Waals surface area contributed by atoms with Gasteiger partial charge in [-0.3, -0.25) is 10.1 Å². The molecule has 1 amide bonds. The van der Waals surface area contributed by atoms with Gasteiger partial charge < -0.3 is 13.9 Å². The molecule has 0 aliphatic carbocycles. The maximum absolute atomic E-state index is 12.7. The van der Waals surface area contributed by atoms with Crippen LogP contribution in [0.3, 0.4) is 0 Å². The molecule has 7 heteroatoms. The summed E-state index contributed by atoms with van der Waals surface area (Å²) in [7, 11) is 0. The van der Waals surface area contributed by atoms with E-state index in [-0.39, 0.29) is 48.3 Å². The van der Waals surface area contributed by atoms with Gasteiger partial charge in [0.1, 0.15) is 16.9 Å². The van der Waals surface area contributed by atoms with Gasteiger partial charge in [-0.15, -0.1) is 0 Å². The predicted molar refractivity (Wildman–Crippen MR) is 112 cm³/mol. The summed E-state index contributed by atoms with van der Waals surface area (Å²) in [5.74, 6) is -1.83. The van der Waals surface area contributed by atoms with Crippen molar-refractivity contribution in [2.24, 2.45) is 0 Å². The zero-order valence-electron chi connectivity index (χ0n) is 17.1. The van der Waals surface area contributed by atoms with Crippen LogP contribution in [0.4, 0.5) is 5.88 Å². The molecule has 0 aliphatic heterocycles. The lowest BCUT2D eigenvalue weighted by Crippen LogP contribution is -2.18. The van der Waals surface area contributed by atoms with Gasteiger partial charge in [0.25, 0.3) is 0 Å². The second-order valence-corrected chi connectivity index (χ2v) is 6.54. The number of esters is 2. The van der Waals surface area contributed by atoms with Crippen LogP contribution in [0.2, 0.25) is 0 Å². The van der Waals surface area contributed by atoms with Crippen LogP contribution in [0.5, 0.6) is 0 Å². The fraction of sp³-hybridized carbons (Fsp3) is 0.261. The van der Waals surface area contributed by atoms with Crippen LogP contribution in [-0.2, 0) is 20.7 Å². The Balaban J connectivity index is 1.91. The zero-order chi connectivity index (χ0) is 21.7. The van der Waals surface area contributed by atoms with E-state index in [2.05, 4.69) is 5.32 Å². The number of anilines is 1. The molecule has 0 bridgehead atoms. The summed E-state index contributed by atoms with van der Waals surface area (Å²) in [6, 6.07) is 13.5. The first kappa shape index (κ1) is 21.1. The monoisotopic (exact) mass is 409 g/mol. The van der Waals surface area contributed by atoms with E-state index in [1.165, 1.54) is 6.92 Å². The molecule has 0 saturated heterocycles. The van der Waals surface area contributed by atoms with Gasteiger partial charge in [0.05, 0.1) is 19.6 Å². The Kier molecular flexibility index (Phi) is 6.51. The van der Waals surface area contributed by atoms with Crippen molar-refractivity contribution in [1.82, 2.24) is 0 Å². The number of carbonyl (C=O) groups excluding carboxylic acids is 3. The molecule has 0 aliphatic rings. The summed E-state index contributed by atoms with van der Waals surface area (Å²) in [5, 5.41) is 4.59.